The molecule has 106 valence electrons. The number of aryl methyl sites for hydroxylation is 1. The number of benzene rings is 1. The molecule has 1 aromatic carbocycles. The van der Waals surface area contributed by atoms with Gasteiger partial charge in [-0.25, -0.2) is 4.79 Å². The predicted octanol–water partition coefficient (Wildman–Crippen LogP) is 1.03. The summed E-state index contributed by atoms with van der Waals surface area (Å²) < 4.78 is 5.18. The van der Waals surface area contributed by atoms with Crippen LogP contribution in [0.15, 0.2) is 24.3 Å². The topological polar surface area (TPSA) is 66.8 Å². The van der Waals surface area contributed by atoms with Gasteiger partial charge < -0.3 is 14.7 Å². The van der Waals surface area contributed by atoms with Crippen LogP contribution >= 0.6 is 0 Å². The molecule has 5 heteroatoms. The van der Waals surface area contributed by atoms with Gasteiger partial charge in [0.1, 0.15) is 0 Å². The van der Waals surface area contributed by atoms with Gasteiger partial charge in [-0.15, -0.1) is 0 Å². The molecule has 1 saturated heterocycles. The highest BCUT2D eigenvalue weighted by atomic mass is 16.5. The average molecular weight is 275 g/mol. The Kier molecular flexibility index (Phi) is 3.44. The predicted molar refractivity (Wildman–Crippen MR) is 71.5 cm³/mol. The fourth-order valence-corrected chi connectivity index (χ4v) is 3.09. The summed E-state index contributed by atoms with van der Waals surface area (Å²) in [7, 11) is 0. The van der Waals surface area contributed by atoms with E-state index in [2.05, 4.69) is 0 Å². The van der Waals surface area contributed by atoms with E-state index in [1.54, 1.807) is 0 Å². The van der Waals surface area contributed by atoms with Crippen molar-refractivity contribution in [1.82, 2.24) is 4.90 Å². The Bertz CT molecular complexity index is 542. The summed E-state index contributed by atoms with van der Waals surface area (Å²) in [6.07, 6.45) is 1.65. The van der Waals surface area contributed by atoms with Crippen molar-refractivity contribution in [3.8, 4) is 0 Å². The summed E-state index contributed by atoms with van der Waals surface area (Å²) in [6, 6.07) is 7.06. The number of rotatable bonds is 2. The van der Waals surface area contributed by atoms with Crippen LogP contribution in [0.4, 0.5) is 0 Å². The number of nitrogens with zero attached hydrogens (tertiary/aromatic N) is 1. The van der Waals surface area contributed by atoms with Crippen LogP contribution in [0.3, 0.4) is 0 Å². The van der Waals surface area contributed by atoms with Crippen molar-refractivity contribution < 1.29 is 19.4 Å². The summed E-state index contributed by atoms with van der Waals surface area (Å²) >= 11 is 0. The lowest BCUT2D eigenvalue weighted by Gasteiger charge is -2.34. The standard InChI is InChI=1S/C15H17NO4/c17-14(16-7-8-20-9-13(16)15(18)19)12-6-5-10-3-1-2-4-11(10)12/h1-4,12-13H,5-9H2,(H,18,19). The summed E-state index contributed by atoms with van der Waals surface area (Å²) in [6.45, 7) is 0.841. The number of carboxylic acids is 1. The summed E-state index contributed by atoms with van der Waals surface area (Å²) in [5.74, 6) is -1.28. The summed E-state index contributed by atoms with van der Waals surface area (Å²) in [5, 5.41) is 9.22. The molecule has 2 unspecified atom stereocenters. The third-order valence-corrected chi connectivity index (χ3v) is 4.13. The van der Waals surface area contributed by atoms with Gasteiger partial charge in [0.05, 0.1) is 19.1 Å². The highest BCUT2D eigenvalue weighted by Gasteiger charge is 2.38. The molecular weight excluding hydrogens is 258 g/mol. The highest BCUT2D eigenvalue weighted by Crippen LogP contribution is 2.34. The van der Waals surface area contributed by atoms with E-state index in [0.29, 0.717) is 13.2 Å². The Balaban J connectivity index is 1.84. The van der Waals surface area contributed by atoms with Crippen molar-refractivity contribution in [1.29, 1.82) is 0 Å². The smallest absolute Gasteiger partial charge is 0.328 e. The minimum Gasteiger partial charge on any atom is -0.480 e. The molecular formula is C15H17NO4. The SMILES string of the molecule is O=C(O)C1COCCN1C(=O)C1CCc2ccccc21. The molecule has 2 atom stereocenters. The number of aliphatic carboxylic acids is 1. The number of morpholine rings is 1. The van der Waals surface area contributed by atoms with Crippen molar-refractivity contribution in [3.05, 3.63) is 35.4 Å². The van der Waals surface area contributed by atoms with Crippen molar-refractivity contribution in [2.75, 3.05) is 19.8 Å². The third-order valence-electron chi connectivity index (χ3n) is 4.13. The monoisotopic (exact) mass is 275 g/mol. The summed E-state index contributed by atoms with van der Waals surface area (Å²) in [4.78, 5) is 25.4. The van der Waals surface area contributed by atoms with Gasteiger partial charge in [0.15, 0.2) is 6.04 Å². The molecule has 0 aromatic heterocycles. The number of amides is 1. The van der Waals surface area contributed by atoms with Crippen molar-refractivity contribution >= 4 is 11.9 Å². The number of fused-ring (bicyclic) bond motifs is 1. The number of hydrogen-bond acceptors (Lipinski definition) is 3. The second-order valence-electron chi connectivity index (χ2n) is 5.25. The van der Waals surface area contributed by atoms with E-state index in [1.807, 2.05) is 24.3 Å². The Morgan fingerprint density at radius 1 is 1.30 bits per heavy atom. The van der Waals surface area contributed by atoms with Gasteiger partial charge in [-0.1, -0.05) is 24.3 Å². The van der Waals surface area contributed by atoms with Gasteiger partial charge in [0.2, 0.25) is 5.91 Å². The zero-order valence-corrected chi connectivity index (χ0v) is 11.1. The first-order valence-corrected chi connectivity index (χ1v) is 6.87. The van der Waals surface area contributed by atoms with Crippen molar-refractivity contribution in [3.63, 3.8) is 0 Å². The number of carbonyl (C=O) groups is 2. The molecule has 1 heterocycles. The fraction of sp³-hybridized carbons (Fsp3) is 0.467. The molecule has 0 radical (unpaired) electrons. The first-order chi connectivity index (χ1) is 9.68. The van der Waals surface area contributed by atoms with E-state index in [4.69, 9.17) is 4.74 Å². The van der Waals surface area contributed by atoms with Crippen molar-refractivity contribution in [2.24, 2.45) is 0 Å². The normalized spacial score (nSPS) is 25.3. The maximum atomic E-state index is 12.7. The molecule has 1 aromatic rings. The number of hydrogen-bond donors (Lipinski definition) is 1. The average Bonchev–Trinajstić information content (AvgIpc) is 2.90. The molecule has 0 spiro atoms. The number of carboxylic acid groups (broad SMARTS) is 1. The van der Waals surface area contributed by atoms with Crippen LogP contribution in [0.25, 0.3) is 0 Å². The zero-order valence-electron chi connectivity index (χ0n) is 11.1. The minimum atomic E-state index is -0.996. The second kappa shape index (κ2) is 5.25. The molecule has 1 fully saturated rings. The molecule has 0 saturated carbocycles. The van der Waals surface area contributed by atoms with Crippen LogP contribution in [0.5, 0.6) is 0 Å². The van der Waals surface area contributed by atoms with Gasteiger partial charge in [-0.3, -0.25) is 4.79 Å². The second-order valence-corrected chi connectivity index (χ2v) is 5.25. The fourth-order valence-electron chi connectivity index (χ4n) is 3.09. The quantitative estimate of drug-likeness (QED) is 0.875. The van der Waals surface area contributed by atoms with Crippen LogP contribution in [0.1, 0.15) is 23.5 Å². The molecule has 0 bridgehead atoms. The van der Waals surface area contributed by atoms with Gasteiger partial charge in [-0.05, 0) is 24.0 Å². The third kappa shape index (κ3) is 2.18. The van der Waals surface area contributed by atoms with Gasteiger partial charge in [0.25, 0.3) is 0 Å². The Morgan fingerprint density at radius 2 is 2.10 bits per heavy atom. The molecule has 3 rings (SSSR count). The molecule has 1 aliphatic heterocycles. The van der Waals surface area contributed by atoms with Gasteiger partial charge in [0, 0.05) is 6.54 Å². The van der Waals surface area contributed by atoms with Crippen LogP contribution in [0, 0.1) is 0 Å². The molecule has 20 heavy (non-hydrogen) atoms. The highest BCUT2D eigenvalue weighted by molar-refractivity contribution is 5.89. The lowest BCUT2D eigenvalue weighted by Crippen LogP contribution is -2.53. The van der Waals surface area contributed by atoms with Crippen LogP contribution < -0.4 is 0 Å². The van der Waals surface area contributed by atoms with Gasteiger partial charge >= 0.3 is 5.97 Å². The molecule has 5 nitrogen and oxygen atoms in total. The lowest BCUT2D eigenvalue weighted by molar-refractivity contribution is -0.159. The van der Waals surface area contributed by atoms with Gasteiger partial charge in [-0.2, -0.15) is 0 Å². The van der Waals surface area contributed by atoms with E-state index < -0.39 is 12.0 Å². The zero-order chi connectivity index (χ0) is 14.1. The summed E-state index contributed by atoms with van der Waals surface area (Å²) in [5.41, 5.74) is 2.25. The molecule has 2 aliphatic rings. The maximum absolute atomic E-state index is 12.7. The van der Waals surface area contributed by atoms with E-state index in [1.165, 1.54) is 10.5 Å². The van der Waals surface area contributed by atoms with Crippen molar-refractivity contribution in [2.45, 2.75) is 24.8 Å². The largest absolute Gasteiger partial charge is 0.480 e. The maximum Gasteiger partial charge on any atom is 0.328 e. The molecule has 1 amide bonds. The minimum absolute atomic E-state index is 0.0781. The first-order valence-electron chi connectivity index (χ1n) is 6.87. The van der Waals surface area contributed by atoms with Crippen LogP contribution in [0.2, 0.25) is 0 Å². The van der Waals surface area contributed by atoms with E-state index in [0.717, 1.165) is 18.4 Å². The first kappa shape index (κ1) is 13.1. The van der Waals surface area contributed by atoms with E-state index >= 15 is 0 Å². The molecule has 1 N–H and O–H groups in total. The Hall–Kier alpha value is -1.88. The van der Waals surface area contributed by atoms with Crippen LogP contribution in [-0.4, -0.2) is 47.7 Å². The Morgan fingerprint density at radius 3 is 2.90 bits per heavy atom. The lowest BCUT2D eigenvalue weighted by atomic mass is 9.98. The van der Waals surface area contributed by atoms with E-state index in [9.17, 15) is 14.7 Å². The number of carbonyl (C=O) groups excluding carboxylic acids is 1. The van der Waals surface area contributed by atoms with Crippen LogP contribution in [-0.2, 0) is 20.7 Å². The Labute approximate surface area is 117 Å². The van der Waals surface area contributed by atoms with E-state index in [-0.39, 0.29) is 18.4 Å². The number of ether oxygens (including phenoxy) is 1. The molecule has 1 aliphatic carbocycles.